The summed E-state index contributed by atoms with van der Waals surface area (Å²) in [7, 11) is 0. The first kappa shape index (κ1) is 28.4. The number of benzene rings is 2. The van der Waals surface area contributed by atoms with Gasteiger partial charge in [0, 0.05) is 24.1 Å². The largest absolute Gasteiger partial charge is 0.376 e. The van der Waals surface area contributed by atoms with Crippen LogP contribution < -0.4 is 10.2 Å². The molecule has 40 heavy (non-hydrogen) atoms. The molecule has 1 saturated heterocycles. The molecule has 2 amide bonds. The molecule has 7 nitrogen and oxygen atoms in total. The fourth-order valence-corrected chi connectivity index (χ4v) is 6.56. The number of fused-ring (bicyclic) bond motifs is 1. The Kier molecular flexibility index (Phi) is 8.06. The van der Waals surface area contributed by atoms with Crippen LogP contribution in [-0.2, 0) is 19.7 Å². The number of nitrogens with one attached hydrogen (secondary N) is 1. The Hall–Kier alpha value is -3.17. The number of carbonyl (C=O) groups is 2. The molecular weight excluding hydrogens is 527 g/mol. The second-order valence-corrected chi connectivity index (χ2v) is 12.7. The van der Waals surface area contributed by atoms with Gasteiger partial charge in [-0.25, -0.2) is 9.07 Å². The van der Waals surface area contributed by atoms with E-state index in [2.05, 4.69) is 26.1 Å². The van der Waals surface area contributed by atoms with Crippen molar-refractivity contribution in [2.75, 3.05) is 30.3 Å². The van der Waals surface area contributed by atoms with E-state index in [0.717, 1.165) is 46.5 Å². The van der Waals surface area contributed by atoms with Gasteiger partial charge in [0.15, 0.2) is 0 Å². The predicted octanol–water partition coefficient (Wildman–Crippen LogP) is 5.39. The minimum absolute atomic E-state index is 0.000207. The third-order valence-corrected chi connectivity index (χ3v) is 8.86. The van der Waals surface area contributed by atoms with Crippen molar-refractivity contribution in [1.29, 1.82) is 0 Å². The molecule has 5 rings (SSSR count). The van der Waals surface area contributed by atoms with E-state index in [9.17, 15) is 14.0 Å². The van der Waals surface area contributed by atoms with Crippen molar-refractivity contribution in [2.24, 2.45) is 0 Å². The van der Waals surface area contributed by atoms with Crippen LogP contribution in [0.4, 0.5) is 10.2 Å². The molecule has 212 valence electrons. The molecule has 1 N–H and O–H groups in total. The van der Waals surface area contributed by atoms with Crippen molar-refractivity contribution in [3.05, 3.63) is 76.2 Å². The number of thioether (sulfide) groups is 1. The lowest BCUT2D eigenvalue weighted by Gasteiger charge is -2.25. The molecule has 2 unspecified atom stereocenters. The van der Waals surface area contributed by atoms with Crippen LogP contribution in [0.15, 0.2) is 42.5 Å². The summed E-state index contributed by atoms with van der Waals surface area (Å²) in [6.45, 7) is 11.3. The van der Waals surface area contributed by atoms with Gasteiger partial charge < -0.3 is 10.1 Å². The fourth-order valence-electron chi connectivity index (χ4n) is 5.37. The Balaban J connectivity index is 1.68. The third-order valence-electron chi connectivity index (χ3n) is 7.61. The first-order chi connectivity index (χ1) is 19.0. The van der Waals surface area contributed by atoms with Crippen molar-refractivity contribution >= 4 is 29.4 Å². The van der Waals surface area contributed by atoms with E-state index in [1.54, 1.807) is 11.0 Å². The molecule has 2 aromatic carbocycles. The third kappa shape index (κ3) is 5.67. The van der Waals surface area contributed by atoms with Gasteiger partial charge in [-0.3, -0.25) is 14.5 Å². The number of hydrogen-bond donors (Lipinski definition) is 1. The highest BCUT2D eigenvalue weighted by Crippen LogP contribution is 2.48. The number of carbonyl (C=O) groups excluding carboxylic acids is 2. The first-order valence-corrected chi connectivity index (χ1v) is 14.8. The number of anilines is 1. The quantitative estimate of drug-likeness (QED) is 0.435. The number of hydrogen-bond acceptors (Lipinski definition) is 5. The predicted molar refractivity (Wildman–Crippen MR) is 157 cm³/mol. The number of aromatic nitrogens is 2. The van der Waals surface area contributed by atoms with E-state index in [1.807, 2.05) is 42.8 Å². The van der Waals surface area contributed by atoms with Gasteiger partial charge in [0.1, 0.15) is 18.2 Å². The lowest BCUT2D eigenvalue weighted by atomic mass is 9.87. The van der Waals surface area contributed by atoms with Gasteiger partial charge in [0.05, 0.1) is 28.5 Å². The lowest BCUT2D eigenvalue weighted by molar-refractivity contribution is -0.123. The Morgan fingerprint density at radius 2 is 1.98 bits per heavy atom. The molecule has 3 aromatic rings. The van der Waals surface area contributed by atoms with Crippen molar-refractivity contribution in [3.63, 3.8) is 0 Å². The van der Waals surface area contributed by atoms with Crippen molar-refractivity contribution in [1.82, 2.24) is 15.1 Å². The number of nitrogens with zero attached hydrogens (tertiary/aromatic N) is 3. The topological polar surface area (TPSA) is 76.5 Å². The molecule has 0 saturated carbocycles. The van der Waals surface area contributed by atoms with Crippen molar-refractivity contribution in [2.45, 2.75) is 64.2 Å². The van der Waals surface area contributed by atoms with Crippen LogP contribution in [0.2, 0.25) is 0 Å². The van der Waals surface area contributed by atoms with E-state index < -0.39 is 0 Å². The maximum absolute atomic E-state index is 14.5. The molecule has 0 radical (unpaired) electrons. The summed E-state index contributed by atoms with van der Waals surface area (Å²) in [6.07, 6.45) is 1.89. The highest BCUT2D eigenvalue weighted by Gasteiger charge is 2.40. The number of aryl methyl sites for hydroxylation is 1. The van der Waals surface area contributed by atoms with Gasteiger partial charge in [-0.15, -0.1) is 11.8 Å². The molecule has 1 aromatic heterocycles. The van der Waals surface area contributed by atoms with Gasteiger partial charge in [-0.05, 0) is 61.6 Å². The van der Waals surface area contributed by atoms with Crippen LogP contribution >= 0.6 is 11.8 Å². The SMILES string of the molecule is Cc1cccc(-n2nc(C(C)(C)C)c3c2N(CC(=O)NCC2CCCO2)C(=O)CSC3c2cccc(F)c2)c1C. The van der Waals surface area contributed by atoms with Crippen LogP contribution in [0, 0.1) is 19.7 Å². The average Bonchev–Trinajstić information content (AvgIpc) is 3.53. The molecule has 2 aliphatic rings. The Bertz CT molecular complexity index is 1420. The Morgan fingerprint density at radius 1 is 1.20 bits per heavy atom. The molecular formula is C31H37FN4O3S. The second kappa shape index (κ2) is 11.4. The molecule has 3 heterocycles. The first-order valence-electron chi connectivity index (χ1n) is 13.8. The summed E-state index contributed by atoms with van der Waals surface area (Å²) >= 11 is 1.44. The molecule has 2 aliphatic heterocycles. The summed E-state index contributed by atoms with van der Waals surface area (Å²) in [5.41, 5.74) is 4.98. The molecule has 0 spiro atoms. The minimum atomic E-state index is -0.389. The van der Waals surface area contributed by atoms with Crippen LogP contribution in [0.25, 0.3) is 5.69 Å². The van der Waals surface area contributed by atoms with E-state index in [0.29, 0.717) is 19.0 Å². The monoisotopic (exact) mass is 564 g/mol. The summed E-state index contributed by atoms with van der Waals surface area (Å²) in [5.74, 6) is -0.0695. The number of halogens is 1. The van der Waals surface area contributed by atoms with Gasteiger partial charge >= 0.3 is 0 Å². The summed E-state index contributed by atoms with van der Waals surface area (Å²) < 4.78 is 22.0. The normalized spacial score (nSPS) is 19.4. The number of amides is 2. The van der Waals surface area contributed by atoms with Crippen molar-refractivity contribution < 1.29 is 18.7 Å². The van der Waals surface area contributed by atoms with E-state index >= 15 is 0 Å². The summed E-state index contributed by atoms with van der Waals surface area (Å²) in [5, 5.41) is 7.76. The maximum atomic E-state index is 14.5. The Labute approximate surface area is 239 Å². The minimum Gasteiger partial charge on any atom is -0.376 e. The second-order valence-electron chi connectivity index (χ2n) is 11.6. The Morgan fingerprint density at radius 3 is 2.67 bits per heavy atom. The average molecular weight is 565 g/mol. The number of rotatable bonds is 6. The summed E-state index contributed by atoms with van der Waals surface area (Å²) in [6, 6.07) is 12.5. The lowest BCUT2D eigenvalue weighted by Crippen LogP contribution is -2.44. The van der Waals surface area contributed by atoms with Crippen LogP contribution in [0.5, 0.6) is 0 Å². The fraction of sp³-hybridized carbons (Fsp3) is 0.452. The van der Waals surface area contributed by atoms with Gasteiger partial charge in [0.2, 0.25) is 11.8 Å². The van der Waals surface area contributed by atoms with Crippen LogP contribution in [-0.4, -0.2) is 53.1 Å². The maximum Gasteiger partial charge on any atom is 0.240 e. The number of ether oxygens (including phenoxy) is 1. The highest BCUT2D eigenvalue weighted by molar-refractivity contribution is 8.00. The molecule has 1 fully saturated rings. The van der Waals surface area contributed by atoms with E-state index in [4.69, 9.17) is 9.84 Å². The smallest absolute Gasteiger partial charge is 0.240 e. The van der Waals surface area contributed by atoms with Gasteiger partial charge in [-0.1, -0.05) is 45.0 Å². The zero-order valence-corrected chi connectivity index (χ0v) is 24.6. The highest BCUT2D eigenvalue weighted by atomic mass is 32.2. The molecule has 2 atom stereocenters. The summed E-state index contributed by atoms with van der Waals surface area (Å²) in [4.78, 5) is 28.6. The van der Waals surface area contributed by atoms with Gasteiger partial charge in [-0.2, -0.15) is 5.10 Å². The van der Waals surface area contributed by atoms with Crippen LogP contribution in [0.3, 0.4) is 0 Å². The zero-order chi connectivity index (χ0) is 28.6. The van der Waals surface area contributed by atoms with E-state index in [-0.39, 0.29) is 46.7 Å². The molecule has 9 heteroatoms. The van der Waals surface area contributed by atoms with E-state index in [1.165, 1.54) is 23.9 Å². The standard InChI is InChI=1S/C31H37FN4O3S/c1-19-9-6-13-24(20(19)2)36-30-27(29(34-36)31(3,4)5)28(21-10-7-11-22(32)15-21)40-18-26(38)35(30)17-25(37)33-16-23-12-8-14-39-23/h6-7,9-11,13,15,23,28H,8,12,14,16-18H2,1-5H3,(H,33,37). The van der Waals surface area contributed by atoms with Gasteiger partial charge in [0.25, 0.3) is 0 Å². The molecule has 0 aliphatic carbocycles. The van der Waals surface area contributed by atoms with Crippen LogP contribution in [0.1, 0.15) is 66.8 Å². The molecule has 0 bridgehead atoms. The zero-order valence-electron chi connectivity index (χ0n) is 23.8. The van der Waals surface area contributed by atoms with Crippen molar-refractivity contribution in [3.8, 4) is 5.69 Å².